The molecule has 1 N–H and O–H groups in total. The highest BCUT2D eigenvalue weighted by atomic mass is 32.2. The van der Waals surface area contributed by atoms with E-state index >= 15 is 0 Å². The normalized spacial score (nSPS) is 12.2. The Labute approximate surface area is 141 Å². The van der Waals surface area contributed by atoms with Crippen LogP contribution in [-0.4, -0.2) is 21.8 Å². The summed E-state index contributed by atoms with van der Waals surface area (Å²) in [5, 5.41) is 6.74. The molecule has 5 nitrogen and oxygen atoms in total. The molecule has 0 aliphatic carbocycles. The summed E-state index contributed by atoms with van der Waals surface area (Å²) in [6.07, 6.45) is -3.68. The number of amides is 1. The second-order valence-electron chi connectivity index (χ2n) is 6.05. The minimum Gasteiger partial charge on any atom is -0.338 e. The first-order valence-corrected chi connectivity index (χ1v) is 7.97. The molecular formula is C15H16F3N3O2S. The van der Waals surface area contributed by atoms with Gasteiger partial charge in [-0.15, -0.1) is 0 Å². The largest absolute Gasteiger partial charge is 0.417 e. The van der Waals surface area contributed by atoms with Crippen molar-refractivity contribution in [3.8, 4) is 0 Å². The molecule has 0 bridgehead atoms. The summed E-state index contributed by atoms with van der Waals surface area (Å²) in [7, 11) is 0. The first-order chi connectivity index (χ1) is 11.1. The molecule has 0 aromatic carbocycles. The van der Waals surface area contributed by atoms with Crippen molar-refractivity contribution in [1.82, 2.24) is 10.1 Å². The summed E-state index contributed by atoms with van der Waals surface area (Å²) in [6.45, 7) is 5.88. The van der Waals surface area contributed by atoms with Gasteiger partial charge in [0.25, 0.3) is 0 Å². The van der Waals surface area contributed by atoms with Crippen LogP contribution in [0.1, 0.15) is 32.0 Å². The van der Waals surface area contributed by atoms with E-state index in [-0.39, 0.29) is 23.0 Å². The number of rotatable bonds is 4. The maximum Gasteiger partial charge on any atom is 0.417 e. The molecule has 0 saturated carbocycles. The zero-order chi connectivity index (χ0) is 18.0. The maximum atomic E-state index is 12.4. The molecule has 130 valence electrons. The molecule has 2 rings (SSSR count). The Morgan fingerprint density at radius 2 is 2.00 bits per heavy atom. The van der Waals surface area contributed by atoms with Crippen molar-refractivity contribution in [2.75, 3.05) is 11.1 Å². The van der Waals surface area contributed by atoms with Gasteiger partial charge in [-0.2, -0.15) is 13.2 Å². The lowest BCUT2D eigenvalue weighted by Crippen LogP contribution is -2.14. The van der Waals surface area contributed by atoms with Gasteiger partial charge in [0, 0.05) is 17.7 Å². The second kappa shape index (κ2) is 6.84. The number of pyridine rings is 1. The molecule has 0 atom stereocenters. The third-order valence-electron chi connectivity index (χ3n) is 2.96. The highest BCUT2D eigenvalue weighted by molar-refractivity contribution is 7.99. The molecule has 0 unspecified atom stereocenters. The third kappa shape index (κ3) is 4.98. The van der Waals surface area contributed by atoms with Gasteiger partial charge in [-0.1, -0.05) is 37.7 Å². The Bertz CT molecular complexity index is 706. The van der Waals surface area contributed by atoms with Crippen LogP contribution >= 0.6 is 11.8 Å². The summed E-state index contributed by atoms with van der Waals surface area (Å²) in [6, 6.07) is 3.80. The molecule has 0 radical (unpaired) electrons. The van der Waals surface area contributed by atoms with Crippen LogP contribution in [0.4, 0.5) is 19.1 Å². The van der Waals surface area contributed by atoms with E-state index in [1.54, 1.807) is 6.07 Å². The Balaban J connectivity index is 1.88. The molecule has 0 aliphatic rings. The van der Waals surface area contributed by atoms with Gasteiger partial charge in [0.1, 0.15) is 0 Å². The molecular weight excluding hydrogens is 343 g/mol. The van der Waals surface area contributed by atoms with E-state index in [4.69, 9.17) is 4.52 Å². The molecule has 24 heavy (non-hydrogen) atoms. The van der Waals surface area contributed by atoms with Gasteiger partial charge in [0.2, 0.25) is 11.8 Å². The minimum atomic E-state index is -4.43. The van der Waals surface area contributed by atoms with E-state index in [9.17, 15) is 18.0 Å². The van der Waals surface area contributed by atoms with E-state index in [2.05, 4.69) is 15.5 Å². The number of anilines is 1. The number of thioether (sulfide) groups is 1. The number of aromatic nitrogens is 2. The second-order valence-corrected chi connectivity index (χ2v) is 7.04. The number of alkyl halides is 3. The molecule has 0 aliphatic heterocycles. The number of halogens is 3. The smallest absolute Gasteiger partial charge is 0.338 e. The van der Waals surface area contributed by atoms with Crippen molar-refractivity contribution in [2.24, 2.45) is 0 Å². The standard InChI is InChI=1S/C15H16F3N3O2S/c1-14(2,3)10-6-12(23-21-10)20-11(22)8-24-13-5-4-9(7-19-13)15(16,17)18/h4-7H,8H2,1-3H3,(H,20,22). The fourth-order valence-electron chi connectivity index (χ4n) is 1.63. The summed E-state index contributed by atoms with van der Waals surface area (Å²) >= 11 is 1.03. The van der Waals surface area contributed by atoms with E-state index in [0.717, 1.165) is 24.0 Å². The molecule has 1 amide bonds. The first-order valence-electron chi connectivity index (χ1n) is 6.99. The minimum absolute atomic E-state index is 0.0100. The van der Waals surface area contributed by atoms with Crippen molar-refractivity contribution >= 4 is 23.6 Å². The first kappa shape index (κ1) is 18.3. The number of nitrogens with one attached hydrogen (secondary N) is 1. The molecule has 9 heteroatoms. The number of carbonyl (C=O) groups excluding carboxylic acids is 1. The maximum absolute atomic E-state index is 12.4. The van der Waals surface area contributed by atoms with Crippen LogP contribution in [-0.2, 0) is 16.4 Å². The SMILES string of the molecule is CC(C)(C)c1cc(NC(=O)CSc2ccc(C(F)(F)F)cn2)on1. The lowest BCUT2D eigenvalue weighted by Gasteiger charge is -2.12. The monoisotopic (exact) mass is 359 g/mol. The summed E-state index contributed by atoms with van der Waals surface area (Å²) < 4.78 is 42.3. The van der Waals surface area contributed by atoms with Gasteiger partial charge in [-0.25, -0.2) is 4.98 Å². The van der Waals surface area contributed by atoms with E-state index in [1.807, 2.05) is 20.8 Å². The van der Waals surface area contributed by atoms with Gasteiger partial charge in [-0.3, -0.25) is 10.1 Å². The number of hydrogen-bond donors (Lipinski definition) is 1. The van der Waals surface area contributed by atoms with Crippen molar-refractivity contribution in [3.05, 3.63) is 35.7 Å². The quantitative estimate of drug-likeness (QED) is 0.832. The average molecular weight is 359 g/mol. The van der Waals surface area contributed by atoms with Crippen LogP contribution in [0.15, 0.2) is 33.9 Å². The molecule has 2 aromatic heterocycles. The summed E-state index contributed by atoms with van der Waals surface area (Å²) in [4.78, 5) is 15.5. The Hall–Kier alpha value is -2.03. The van der Waals surface area contributed by atoms with Crippen LogP contribution in [0, 0.1) is 0 Å². The van der Waals surface area contributed by atoms with Crippen LogP contribution < -0.4 is 5.32 Å². The lowest BCUT2D eigenvalue weighted by molar-refractivity contribution is -0.137. The van der Waals surface area contributed by atoms with Crippen molar-refractivity contribution in [2.45, 2.75) is 37.4 Å². The van der Waals surface area contributed by atoms with E-state index in [1.165, 1.54) is 6.07 Å². The van der Waals surface area contributed by atoms with E-state index < -0.39 is 11.7 Å². The predicted molar refractivity (Wildman–Crippen MR) is 83.8 cm³/mol. The van der Waals surface area contributed by atoms with Crippen molar-refractivity contribution < 1.29 is 22.5 Å². The van der Waals surface area contributed by atoms with Gasteiger partial charge in [0.15, 0.2) is 0 Å². The lowest BCUT2D eigenvalue weighted by atomic mass is 9.92. The number of carbonyl (C=O) groups is 1. The average Bonchev–Trinajstić information content (AvgIpc) is 2.93. The number of hydrogen-bond acceptors (Lipinski definition) is 5. The van der Waals surface area contributed by atoms with Gasteiger partial charge >= 0.3 is 6.18 Å². The molecule has 0 fully saturated rings. The van der Waals surface area contributed by atoms with Crippen molar-refractivity contribution in [3.63, 3.8) is 0 Å². The predicted octanol–water partition coefficient (Wildman–Crippen LogP) is 4.12. The molecule has 0 spiro atoms. The highest BCUT2D eigenvalue weighted by Crippen LogP contribution is 2.29. The van der Waals surface area contributed by atoms with Crippen LogP contribution in [0.25, 0.3) is 0 Å². The topological polar surface area (TPSA) is 68.0 Å². The Morgan fingerprint density at radius 1 is 1.29 bits per heavy atom. The van der Waals surface area contributed by atoms with Crippen LogP contribution in [0.3, 0.4) is 0 Å². The highest BCUT2D eigenvalue weighted by Gasteiger charge is 2.30. The number of nitrogens with zero attached hydrogens (tertiary/aromatic N) is 2. The Morgan fingerprint density at radius 3 is 2.50 bits per heavy atom. The molecule has 0 saturated heterocycles. The summed E-state index contributed by atoms with van der Waals surface area (Å²) in [5.74, 6) is -0.145. The van der Waals surface area contributed by atoms with Crippen LogP contribution in [0.5, 0.6) is 0 Å². The van der Waals surface area contributed by atoms with E-state index in [0.29, 0.717) is 10.7 Å². The molecule has 2 aromatic rings. The van der Waals surface area contributed by atoms with Gasteiger partial charge in [-0.05, 0) is 12.1 Å². The third-order valence-corrected chi connectivity index (χ3v) is 3.90. The fraction of sp³-hybridized carbons (Fsp3) is 0.400. The summed E-state index contributed by atoms with van der Waals surface area (Å²) in [5.41, 5.74) is -0.326. The van der Waals surface area contributed by atoms with Gasteiger partial charge in [0.05, 0.1) is 22.0 Å². The fourth-order valence-corrected chi connectivity index (χ4v) is 2.28. The van der Waals surface area contributed by atoms with Gasteiger partial charge < -0.3 is 4.52 Å². The zero-order valence-corrected chi connectivity index (χ0v) is 14.1. The zero-order valence-electron chi connectivity index (χ0n) is 13.3. The Kier molecular flexibility index (Phi) is 5.22. The molecule has 2 heterocycles. The van der Waals surface area contributed by atoms with Crippen molar-refractivity contribution in [1.29, 1.82) is 0 Å². The van der Waals surface area contributed by atoms with Crippen LogP contribution in [0.2, 0.25) is 0 Å².